The molecule has 1 unspecified atom stereocenters. The molecule has 3 aromatic rings. The lowest BCUT2D eigenvalue weighted by molar-refractivity contribution is -0.132. The highest BCUT2D eigenvalue weighted by Crippen LogP contribution is 2.45. The summed E-state index contributed by atoms with van der Waals surface area (Å²) in [5.74, 6) is -1.51. The van der Waals surface area contributed by atoms with E-state index in [-0.39, 0.29) is 16.9 Å². The highest BCUT2D eigenvalue weighted by molar-refractivity contribution is 6.51. The fourth-order valence-electron chi connectivity index (χ4n) is 4.03. The van der Waals surface area contributed by atoms with E-state index in [1.54, 1.807) is 36.4 Å². The number of para-hydroxylation sites is 1. The van der Waals surface area contributed by atoms with Gasteiger partial charge in [-0.3, -0.25) is 14.5 Å². The van der Waals surface area contributed by atoms with Crippen molar-refractivity contribution in [2.75, 3.05) is 26.2 Å². The third kappa shape index (κ3) is 3.83. The lowest BCUT2D eigenvalue weighted by Crippen LogP contribution is -2.29. The topological polar surface area (TPSA) is 85.3 Å². The number of aliphatic hydroxyl groups is 1. The van der Waals surface area contributed by atoms with Crippen LogP contribution in [0.25, 0.3) is 5.76 Å². The smallest absolute Gasteiger partial charge is 0.300 e. The van der Waals surface area contributed by atoms with E-state index in [1.165, 1.54) is 56.6 Å². The summed E-state index contributed by atoms with van der Waals surface area (Å²) in [5, 5.41) is 11.3. The van der Waals surface area contributed by atoms with Crippen LogP contribution in [-0.4, -0.2) is 38.1 Å². The molecule has 1 N–H and O–H groups in total. The molecule has 0 spiro atoms. The zero-order chi connectivity index (χ0) is 24.4. The van der Waals surface area contributed by atoms with Gasteiger partial charge >= 0.3 is 0 Å². The number of rotatable bonds is 6. The summed E-state index contributed by atoms with van der Waals surface area (Å²) < 4.78 is 29.7. The zero-order valence-corrected chi connectivity index (χ0v) is 18.7. The number of Topliss-reactive ketones (excluding diaryl/α,β-unsaturated/α-hetero) is 1. The van der Waals surface area contributed by atoms with Crippen molar-refractivity contribution in [2.45, 2.75) is 6.04 Å². The number of ketones is 1. The minimum Gasteiger partial charge on any atom is -0.507 e. The number of methoxy groups -OCH3 is 3. The Hall–Kier alpha value is -4.33. The summed E-state index contributed by atoms with van der Waals surface area (Å²) in [6, 6.07) is 15.7. The maximum absolute atomic E-state index is 13.6. The first-order chi connectivity index (χ1) is 16.4. The number of amides is 1. The summed E-state index contributed by atoms with van der Waals surface area (Å²) in [6.45, 7) is 0. The van der Waals surface area contributed by atoms with E-state index in [4.69, 9.17) is 14.2 Å². The van der Waals surface area contributed by atoms with Gasteiger partial charge in [0.25, 0.3) is 11.7 Å². The first kappa shape index (κ1) is 22.8. The number of hydrogen-bond acceptors (Lipinski definition) is 6. The van der Waals surface area contributed by atoms with Gasteiger partial charge in [-0.15, -0.1) is 0 Å². The molecule has 0 saturated carbocycles. The quantitative estimate of drug-likeness (QED) is 0.330. The second kappa shape index (κ2) is 9.27. The predicted octanol–water partition coefficient (Wildman–Crippen LogP) is 4.48. The van der Waals surface area contributed by atoms with Gasteiger partial charge in [0.05, 0.1) is 38.5 Å². The van der Waals surface area contributed by atoms with Crippen LogP contribution in [-0.2, 0) is 9.59 Å². The van der Waals surface area contributed by atoms with Gasteiger partial charge in [0.2, 0.25) is 0 Å². The molecule has 1 fully saturated rings. The van der Waals surface area contributed by atoms with Crippen molar-refractivity contribution in [1.82, 2.24) is 0 Å². The van der Waals surface area contributed by atoms with Gasteiger partial charge in [0.15, 0.2) is 0 Å². The Morgan fingerprint density at radius 1 is 0.882 bits per heavy atom. The van der Waals surface area contributed by atoms with E-state index in [2.05, 4.69) is 0 Å². The number of benzene rings is 3. The highest BCUT2D eigenvalue weighted by atomic mass is 19.1. The molecule has 0 aromatic heterocycles. The first-order valence-corrected chi connectivity index (χ1v) is 10.3. The maximum Gasteiger partial charge on any atom is 0.300 e. The average molecular weight is 463 g/mol. The van der Waals surface area contributed by atoms with Gasteiger partial charge in [-0.05, 0) is 42.5 Å². The lowest BCUT2D eigenvalue weighted by atomic mass is 9.94. The van der Waals surface area contributed by atoms with Crippen LogP contribution >= 0.6 is 0 Å². The molecular weight excluding hydrogens is 441 g/mol. The number of nitrogens with zero attached hydrogens (tertiary/aromatic N) is 1. The van der Waals surface area contributed by atoms with Crippen LogP contribution in [0.15, 0.2) is 72.3 Å². The number of hydrogen-bond donors (Lipinski definition) is 1. The number of anilines is 1. The van der Waals surface area contributed by atoms with Crippen molar-refractivity contribution in [3.05, 3.63) is 89.2 Å². The molecule has 1 heterocycles. The molecule has 1 aliphatic heterocycles. The van der Waals surface area contributed by atoms with E-state index in [9.17, 15) is 19.1 Å². The van der Waals surface area contributed by atoms with Crippen molar-refractivity contribution >= 4 is 23.1 Å². The first-order valence-electron chi connectivity index (χ1n) is 10.3. The number of carbonyl (C=O) groups excluding carboxylic acids is 2. The summed E-state index contributed by atoms with van der Waals surface area (Å²) in [4.78, 5) is 27.7. The number of carbonyl (C=O) groups is 2. The molecule has 1 aliphatic rings. The fraction of sp³-hybridized carbons (Fsp3) is 0.154. The standard InChI is InChI=1S/C26H22FNO6/c1-32-17-12-13-19(21(14-17)34-3)24(29)22-23(18-6-4-5-7-20(18)33-2)28(26(31)25(22)30)16-10-8-15(27)9-11-16/h4-14,23,29H,1-3H3/b24-22+. The van der Waals surface area contributed by atoms with Gasteiger partial charge < -0.3 is 19.3 Å². The van der Waals surface area contributed by atoms with Crippen molar-refractivity contribution in [3.8, 4) is 17.2 Å². The summed E-state index contributed by atoms with van der Waals surface area (Å²) in [5.41, 5.74) is 0.824. The van der Waals surface area contributed by atoms with E-state index < -0.39 is 29.3 Å². The zero-order valence-electron chi connectivity index (χ0n) is 18.7. The SMILES string of the molecule is COc1ccc(/C(O)=C2\C(=O)C(=O)N(c3ccc(F)cc3)C2c2ccccc2OC)c(OC)c1. The number of halogens is 1. The second-order valence-corrected chi connectivity index (χ2v) is 7.45. The Kier molecular flexibility index (Phi) is 6.23. The summed E-state index contributed by atoms with van der Waals surface area (Å²) in [6.07, 6.45) is 0. The Balaban J connectivity index is 1.99. The molecule has 0 bridgehead atoms. The van der Waals surface area contributed by atoms with Gasteiger partial charge in [-0.2, -0.15) is 0 Å². The predicted molar refractivity (Wildman–Crippen MR) is 124 cm³/mol. The van der Waals surface area contributed by atoms with Crippen molar-refractivity contribution < 1.29 is 33.3 Å². The van der Waals surface area contributed by atoms with Gasteiger partial charge in [0.1, 0.15) is 28.8 Å². The Labute approximate surface area is 195 Å². The largest absolute Gasteiger partial charge is 0.507 e. The number of ether oxygens (including phenoxy) is 3. The van der Waals surface area contributed by atoms with Crippen molar-refractivity contribution in [3.63, 3.8) is 0 Å². The Bertz CT molecular complexity index is 1280. The van der Waals surface area contributed by atoms with E-state index >= 15 is 0 Å². The van der Waals surface area contributed by atoms with Crippen molar-refractivity contribution in [2.24, 2.45) is 0 Å². The van der Waals surface area contributed by atoms with Crippen LogP contribution in [0.4, 0.5) is 10.1 Å². The van der Waals surface area contributed by atoms with Gasteiger partial charge in [0, 0.05) is 17.3 Å². The van der Waals surface area contributed by atoms with E-state index in [0.717, 1.165) is 0 Å². The van der Waals surface area contributed by atoms with Crippen LogP contribution in [0.3, 0.4) is 0 Å². The average Bonchev–Trinajstić information content (AvgIpc) is 3.13. The monoisotopic (exact) mass is 463 g/mol. The van der Waals surface area contributed by atoms with Crippen LogP contribution in [0.2, 0.25) is 0 Å². The third-order valence-electron chi connectivity index (χ3n) is 5.65. The van der Waals surface area contributed by atoms with E-state index in [0.29, 0.717) is 22.7 Å². The molecule has 8 heteroatoms. The maximum atomic E-state index is 13.6. The number of aliphatic hydroxyl groups excluding tert-OH is 1. The Morgan fingerprint density at radius 3 is 2.21 bits per heavy atom. The molecule has 0 radical (unpaired) electrons. The van der Waals surface area contributed by atoms with Crippen LogP contribution in [0, 0.1) is 5.82 Å². The molecule has 1 saturated heterocycles. The molecule has 1 atom stereocenters. The van der Waals surface area contributed by atoms with Gasteiger partial charge in [-0.25, -0.2) is 4.39 Å². The molecule has 3 aromatic carbocycles. The van der Waals surface area contributed by atoms with Gasteiger partial charge in [-0.1, -0.05) is 18.2 Å². The Morgan fingerprint density at radius 2 is 1.56 bits per heavy atom. The minimum atomic E-state index is -1.03. The summed E-state index contributed by atoms with van der Waals surface area (Å²) in [7, 11) is 4.37. The third-order valence-corrected chi connectivity index (χ3v) is 5.65. The molecular formula is C26H22FNO6. The van der Waals surface area contributed by atoms with Crippen molar-refractivity contribution in [1.29, 1.82) is 0 Å². The highest BCUT2D eigenvalue weighted by Gasteiger charge is 2.48. The molecule has 7 nitrogen and oxygen atoms in total. The second-order valence-electron chi connectivity index (χ2n) is 7.45. The van der Waals surface area contributed by atoms with E-state index in [1.807, 2.05) is 0 Å². The molecule has 174 valence electrons. The summed E-state index contributed by atoms with van der Waals surface area (Å²) >= 11 is 0. The van der Waals surface area contributed by atoms with Crippen LogP contribution < -0.4 is 19.1 Å². The molecule has 1 amide bonds. The van der Waals surface area contributed by atoms with Crippen LogP contribution in [0.5, 0.6) is 17.2 Å². The molecule has 0 aliphatic carbocycles. The lowest BCUT2D eigenvalue weighted by Gasteiger charge is -2.26. The van der Waals surface area contributed by atoms with Crippen LogP contribution in [0.1, 0.15) is 17.2 Å². The molecule has 34 heavy (non-hydrogen) atoms. The molecule has 4 rings (SSSR count). The fourth-order valence-corrected chi connectivity index (χ4v) is 4.03. The minimum absolute atomic E-state index is 0.151. The normalized spacial score (nSPS) is 17.1.